The van der Waals surface area contributed by atoms with Gasteiger partial charge in [-0.2, -0.15) is 0 Å². The molecule has 10 heteroatoms. The molecule has 196 valence electrons. The van der Waals surface area contributed by atoms with Crippen molar-refractivity contribution < 1.29 is 24.2 Å². The van der Waals surface area contributed by atoms with Gasteiger partial charge in [0.2, 0.25) is 0 Å². The Labute approximate surface area is 220 Å². The minimum Gasteiger partial charge on any atom is -0.495 e. The summed E-state index contributed by atoms with van der Waals surface area (Å²) in [7, 11) is 4.39. The zero-order valence-corrected chi connectivity index (χ0v) is 21.3. The lowest BCUT2D eigenvalue weighted by Crippen LogP contribution is -2.24. The summed E-state index contributed by atoms with van der Waals surface area (Å²) in [6.45, 7) is 0.869. The van der Waals surface area contributed by atoms with E-state index in [0.29, 0.717) is 30.1 Å². The maximum Gasteiger partial charge on any atom is 0.279 e. The number of aromatic nitrogens is 2. The molecular weight excluding hydrogens is 488 g/mol. The van der Waals surface area contributed by atoms with Gasteiger partial charge in [-0.05, 0) is 48.0 Å². The third kappa shape index (κ3) is 5.81. The number of rotatable bonds is 11. The van der Waals surface area contributed by atoms with Crippen molar-refractivity contribution in [2.75, 3.05) is 26.2 Å². The van der Waals surface area contributed by atoms with Gasteiger partial charge >= 0.3 is 0 Å². The normalized spacial score (nSPS) is 11.5. The highest BCUT2D eigenvalue weighted by atomic mass is 16.6. The number of hydrogen-bond acceptors (Lipinski definition) is 9. The van der Waals surface area contributed by atoms with Crippen molar-refractivity contribution in [3.8, 4) is 17.2 Å². The Kier molecular flexibility index (Phi) is 8.34. The van der Waals surface area contributed by atoms with E-state index in [9.17, 15) is 15.2 Å². The monoisotopic (exact) mass is 516 g/mol. The van der Waals surface area contributed by atoms with Gasteiger partial charge in [0, 0.05) is 12.4 Å². The number of nitro groups is 1. The van der Waals surface area contributed by atoms with Gasteiger partial charge in [0.15, 0.2) is 11.5 Å². The number of ether oxygens (including phenoxy) is 3. The molecule has 4 rings (SSSR count). The summed E-state index contributed by atoms with van der Waals surface area (Å²) in [5.74, 6) is 1.03. The predicted octanol–water partition coefficient (Wildman–Crippen LogP) is 4.70. The Hall–Kier alpha value is -4.70. The Bertz CT molecular complexity index is 1340. The topological polar surface area (TPSA) is 120 Å². The van der Waals surface area contributed by atoms with Crippen LogP contribution in [0.4, 0.5) is 11.4 Å². The van der Waals surface area contributed by atoms with Crippen molar-refractivity contribution in [2.45, 2.75) is 19.2 Å². The Morgan fingerprint density at radius 3 is 1.92 bits per heavy atom. The van der Waals surface area contributed by atoms with Gasteiger partial charge in [0.25, 0.3) is 5.69 Å². The van der Waals surface area contributed by atoms with E-state index in [2.05, 4.69) is 9.97 Å². The van der Waals surface area contributed by atoms with Crippen molar-refractivity contribution >= 4 is 11.4 Å². The number of aliphatic hydroxyl groups excluding tert-OH is 1. The number of methoxy groups -OCH3 is 3. The van der Waals surface area contributed by atoms with Gasteiger partial charge in [0.05, 0.1) is 68.0 Å². The molecule has 0 saturated heterocycles. The summed E-state index contributed by atoms with van der Waals surface area (Å²) in [4.78, 5) is 22.3. The van der Waals surface area contributed by atoms with Crippen molar-refractivity contribution in [1.29, 1.82) is 0 Å². The first-order valence-electron chi connectivity index (χ1n) is 11.8. The number of nitrogens with zero attached hydrogens (tertiary/aromatic N) is 4. The third-order valence-electron chi connectivity index (χ3n) is 6.04. The van der Waals surface area contributed by atoms with E-state index in [0.717, 1.165) is 11.4 Å². The first kappa shape index (κ1) is 26.4. The highest BCUT2D eigenvalue weighted by Gasteiger charge is 2.27. The molecule has 1 atom stereocenters. The van der Waals surface area contributed by atoms with Gasteiger partial charge in [-0.25, -0.2) is 0 Å². The fraction of sp³-hybridized carbons (Fsp3) is 0.214. The molecule has 2 heterocycles. The average Bonchev–Trinajstić information content (AvgIpc) is 2.96. The van der Waals surface area contributed by atoms with Gasteiger partial charge in [-0.3, -0.25) is 20.1 Å². The Morgan fingerprint density at radius 1 is 0.842 bits per heavy atom. The molecule has 0 saturated carbocycles. The van der Waals surface area contributed by atoms with Crippen LogP contribution >= 0.6 is 0 Å². The molecular formula is C28H28N4O6. The molecule has 0 radical (unpaired) electrons. The van der Waals surface area contributed by atoms with E-state index in [4.69, 9.17) is 14.2 Å². The van der Waals surface area contributed by atoms with Crippen LogP contribution in [0.5, 0.6) is 17.2 Å². The maximum absolute atomic E-state index is 11.9. The SMILES string of the molecule is COc1cc(C(O)c2ccc(OC)c(N(Cc3ccccn3)Cc3ccccn3)c2)c([N+](=O)[O-])cc1OC. The largest absolute Gasteiger partial charge is 0.495 e. The number of benzene rings is 2. The van der Waals surface area contributed by atoms with E-state index < -0.39 is 11.0 Å². The molecule has 10 nitrogen and oxygen atoms in total. The molecule has 0 spiro atoms. The van der Waals surface area contributed by atoms with Gasteiger partial charge in [0.1, 0.15) is 11.9 Å². The van der Waals surface area contributed by atoms with Gasteiger partial charge in [-0.15, -0.1) is 0 Å². The second-order valence-electron chi connectivity index (χ2n) is 8.36. The third-order valence-corrected chi connectivity index (χ3v) is 6.04. The second-order valence-corrected chi connectivity index (χ2v) is 8.36. The van der Waals surface area contributed by atoms with E-state index in [-0.39, 0.29) is 22.7 Å². The summed E-state index contributed by atoms with van der Waals surface area (Å²) in [5, 5.41) is 23.2. The summed E-state index contributed by atoms with van der Waals surface area (Å²) >= 11 is 0. The number of anilines is 1. The number of hydrogen-bond donors (Lipinski definition) is 1. The molecule has 0 aliphatic rings. The van der Waals surface area contributed by atoms with Crippen molar-refractivity contribution in [3.05, 3.63) is 112 Å². The van der Waals surface area contributed by atoms with E-state index in [1.54, 1.807) is 37.7 Å². The molecule has 1 unspecified atom stereocenters. The fourth-order valence-corrected chi connectivity index (χ4v) is 4.17. The lowest BCUT2D eigenvalue weighted by molar-refractivity contribution is -0.386. The molecule has 0 amide bonds. The molecule has 38 heavy (non-hydrogen) atoms. The van der Waals surface area contributed by atoms with Crippen LogP contribution in [-0.2, 0) is 13.1 Å². The molecule has 0 fully saturated rings. The second kappa shape index (κ2) is 12.0. The first-order chi connectivity index (χ1) is 18.4. The van der Waals surface area contributed by atoms with Crippen LogP contribution in [0.2, 0.25) is 0 Å². The van der Waals surface area contributed by atoms with Crippen LogP contribution in [0.15, 0.2) is 79.1 Å². The minimum atomic E-state index is -1.33. The van der Waals surface area contributed by atoms with Gasteiger partial charge < -0.3 is 24.2 Å². The van der Waals surface area contributed by atoms with E-state index in [1.165, 1.54) is 26.4 Å². The van der Waals surface area contributed by atoms with Crippen LogP contribution in [0.3, 0.4) is 0 Å². The smallest absolute Gasteiger partial charge is 0.279 e. The highest BCUT2D eigenvalue weighted by Crippen LogP contribution is 2.41. The van der Waals surface area contributed by atoms with Crippen LogP contribution in [-0.4, -0.2) is 41.3 Å². The number of aliphatic hydroxyl groups is 1. The Morgan fingerprint density at radius 2 is 1.42 bits per heavy atom. The maximum atomic E-state index is 11.9. The predicted molar refractivity (Wildman–Crippen MR) is 142 cm³/mol. The molecule has 2 aromatic heterocycles. The van der Waals surface area contributed by atoms with Crippen molar-refractivity contribution in [3.63, 3.8) is 0 Å². The number of nitro benzene ring substituents is 1. The summed E-state index contributed by atoms with van der Waals surface area (Å²) in [6.07, 6.45) is 2.12. The molecule has 0 bridgehead atoms. The molecule has 2 aromatic carbocycles. The fourth-order valence-electron chi connectivity index (χ4n) is 4.17. The van der Waals surface area contributed by atoms with Crippen molar-refractivity contribution in [2.24, 2.45) is 0 Å². The zero-order valence-electron chi connectivity index (χ0n) is 21.3. The Balaban J connectivity index is 1.80. The standard InChI is InChI=1S/C28H28N4O6/c1-36-25-11-10-19(28(33)22-15-26(37-2)27(38-3)16-23(22)32(34)35)14-24(25)31(17-20-8-4-6-12-29-20)18-21-9-5-7-13-30-21/h4-16,28,33H,17-18H2,1-3H3. The molecule has 1 N–H and O–H groups in total. The first-order valence-corrected chi connectivity index (χ1v) is 11.8. The van der Waals surface area contributed by atoms with Gasteiger partial charge in [-0.1, -0.05) is 18.2 Å². The van der Waals surface area contributed by atoms with E-state index >= 15 is 0 Å². The summed E-state index contributed by atoms with van der Waals surface area (Å²) in [5.41, 5.74) is 2.54. The molecule has 0 aliphatic carbocycles. The number of pyridine rings is 2. The summed E-state index contributed by atoms with van der Waals surface area (Å²) < 4.78 is 16.2. The molecule has 4 aromatic rings. The van der Waals surface area contributed by atoms with E-state index in [1.807, 2.05) is 41.3 Å². The van der Waals surface area contributed by atoms with Crippen LogP contribution in [0.1, 0.15) is 28.6 Å². The zero-order chi connectivity index (χ0) is 27.1. The van der Waals surface area contributed by atoms with Crippen LogP contribution in [0, 0.1) is 10.1 Å². The van der Waals surface area contributed by atoms with Crippen molar-refractivity contribution in [1.82, 2.24) is 9.97 Å². The minimum absolute atomic E-state index is 0.0739. The lowest BCUT2D eigenvalue weighted by atomic mass is 9.98. The average molecular weight is 517 g/mol. The van der Waals surface area contributed by atoms with Crippen LogP contribution < -0.4 is 19.1 Å². The quantitative estimate of drug-likeness (QED) is 0.223. The lowest BCUT2D eigenvalue weighted by Gasteiger charge is -2.27. The highest BCUT2D eigenvalue weighted by molar-refractivity contribution is 5.63. The summed E-state index contributed by atoms with van der Waals surface area (Å²) in [6, 6.07) is 19.2. The molecule has 0 aliphatic heterocycles. The van der Waals surface area contributed by atoms with Crippen LogP contribution in [0.25, 0.3) is 0 Å².